The standard InChI is InChI=1S/C14H20N2/c1-4-16(10-12(2)3)11-14-7-5-13(9-15)6-8-14/h5-8,12H,4,10-11H2,1-3H3. The normalized spacial score (nSPS) is 10.8. The summed E-state index contributed by atoms with van der Waals surface area (Å²) in [6, 6.07) is 10.0. The maximum Gasteiger partial charge on any atom is 0.0991 e. The van der Waals surface area contributed by atoms with Crippen LogP contribution in [0.3, 0.4) is 0 Å². The summed E-state index contributed by atoms with van der Waals surface area (Å²) in [6.07, 6.45) is 0. The molecule has 1 aromatic carbocycles. The van der Waals surface area contributed by atoms with Gasteiger partial charge >= 0.3 is 0 Å². The minimum Gasteiger partial charge on any atom is -0.299 e. The Morgan fingerprint density at radius 2 is 1.88 bits per heavy atom. The predicted molar refractivity (Wildman–Crippen MR) is 66.9 cm³/mol. The first-order valence-electron chi connectivity index (χ1n) is 5.87. The van der Waals surface area contributed by atoms with Gasteiger partial charge in [0, 0.05) is 13.1 Å². The van der Waals surface area contributed by atoms with Gasteiger partial charge in [0.1, 0.15) is 0 Å². The third-order valence-corrected chi connectivity index (χ3v) is 2.56. The highest BCUT2D eigenvalue weighted by Gasteiger charge is 2.05. The van der Waals surface area contributed by atoms with Crippen molar-refractivity contribution in [2.24, 2.45) is 5.92 Å². The van der Waals surface area contributed by atoms with E-state index in [1.165, 1.54) is 5.56 Å². The van der Waals surface area contributed by atoms with E-state index >= 15 is 0 Å². The van der Waals surface area contributed by atoms with Crippen molar-refractivity contribution in [1.82, 2.24) is 4.90 Å². The van der Waals surface area contributed by atoms with Gasteiger partial charge in [-0.3, -0.25) is 4.90 Å². The Balaban J connectivity index is 2.60. The molecule has 0 bridgehead atoms. The fraction of sp³-hybridized carbons (Fsp3) is 0.500. The highest BCUT2D eigenvalue weighted by Crippen LogP contribution is 2.08. The molecule has 1 rings (SSSR count). The van der Waals surface area contributed by atoms with Crippen molar-refractivity contribution in [3.8, 4) is 6.07 Å². The zero-order valence-corrected chi connectivity index (χ0v) is 10.4. The Kier molecular flexibility index (Phi) is 5.01. The maximum absolute atomic E-state index is 8.72. The zero-order valence-electron chi connectivity index (χ0n) is 10.4. The smallest absolute Gasteiger partial charge is 0.0991 e. The molecule has 2 nitrogen and oxygen atoms in total. The topological polar surface area (TPSA) is 27.0 Å². The number of hydrogen-bond acceptors (Lipinski definition) is 2. The molecule has 2 heteroatoms. The van der Waals surface area contributed by atoms with Crippen LogP contribution in [0, 0.1) is 17.2 Å². The lowest BCUT2D eigenvalue weighted by Gasteiger charge is -2.22. The highest BCUT2D eigenvalue weighted by molar-refractivity contribution is 5.31. The van der Waals surface area contributed by atoms with Crippen LogP contribution in [0.1, 0.15) is 31.9 Å². The SMILES string of the molecule is CCN(Cc1ccc(C#N)cc1)CC(C)C. The average molecular weight is 216 g/mol. The van der Waals surface area contributed by atoms with Gasteiger partial charge in [-0.05, 0) is 30.2 Å². The summed E-state index contributed by atoms with van der Waals surface area (Å²) < 4.78 is 0. The summed E-state index contributed by atoms with van der Waals surface area (Å²) in [4.78, 5) is 2.42. The minimum atomic E-state index is 0.693. The van der Waals surface area contributed by atoms with E-state index in [0.29, 0.717) is 5.92 Å². The summed E-state index contributed by atoms with van der Waals surface area (Å²) >= 11 is 0. The number of rotatable bonds is 5. The van der Waals surface area contributed by atoms with Crippen molar-refractivity contribution >= 4 is 0 Å². The second kappa shape index (κ2) is 6.30. The summed E-state index contributed by atoms with van der Waals surface area (Å²) in [7, 11) is 0. The molecule has 86 valence electrons. The van der Waals surface area contributed by atoms with Crippen molar-refractivity contribution in [3.63, 3.8) is 0 Å². The third kappa shape index (κ3) is 4.04. The predicted octanol–water partition coefficient (Wildman–Crippen LogP) is 3.04. The van der Waals surface area contributed by atoms with Gasteiger partial charge in [0.15, 0.2) is 0 Å². The number of nitrogens with zero attached hydrogens (tertiary/aromatic N) is 2. The van der Waals surface area contributed by atoms with Crippen molar-refractivity contribution < 1.29 is 0 Å². The molecule has 0 N–H and O–H groups in total. The zero-order chi connectivity index (χ0) is 12.0. The van der Waals surface area contributed by atoms with Crippen LogP contribution in [0.2, 0.25) is 0 Å². The molecule has 0 amide bonds. The molecule has 0 aliphatic rings. The van der Waals surface area contributed by atoms with E-state index in [0.717, 1.165) is 25.2 Å². The fourth-order valence-corrected chi connectivity index (χ4v) is 1.76. The van der Waals surface area contributed by atoms with Crippen LogP contribution in [0.4, 0.5) is 0 Å². The van der Waals surface area contributed by atoms with Gasteiger partial charge in [-0.1, -0.05) is 32.9 Å². The van der Waals surface area contributed by atoms with Gasteiger partial charge in [-0.2, -0.15) is 5.26 Å². The Hall–Kier alpha value is -1.33. The van der Waals surface area contributed by atoms with Gasteiger partial charge in [-0.25, -0.2) is 0 Å². The molecular formula is C14H20N2. The van der Waals surface area contributed by atoms with Crippen LogP contribution in [0.15, 0.2) is 24.3 Å². The largest absolute Gasteiger partial charge is 0.299 e. The monoisotopic (exact) mass is 216 g/mol. The molecule has 0 aromatic heterocycles. The number of nitriles is 1. The van der Waals surface area contributed by atoms with Crippen LogP contribution in [0.25, 0.3) is 0 Å². The van der Waals surface area contributed by atoms with Crippen LogP contribution in [0.5, 0.6) is 0 Å². The molecule has 0 fully saturated rings. The average Bonchev–Trinajstić information content (AvgIpc) is 2.28. The van der Waals surface area contributed by atoms with E-state index in [9.17, 15) is 0 Å². The van der Waals surface area contributed by atoms with Crippen molar-refractivity contribution in [1.29, 1.82) is 5.26 Å². The Bertz CT molecular complexity index is 346. The molecular weight excluding hydrogens is 196 g/mol. The van der Waals surface area contributed by atoms with E-state index in [1.54, 1.807) is 0 Å². The Morgan fingerprint density at radius 3 is 2.31 bits per heavy atom. The molecule has 0 spiro atoms. The summed E-state index contributed by atoms with van der Waals surface area (Å²) in [6.45, 7) is 9.82. The summed E-state index contributed by atoms with van der Waals surface area (Å²) in [5.74, 6) is 0.693. The van der Waals surface area contributed by atoms with Gasteiger partial charge in [-0.15, -0.1) is 0 Å². The molecule has 1 aromatic rings. The second-order valence-corrected chi connectivity index (χ2v) is 4.53. The molecule has 0 heterocycles. The van der Waals surface area contributed by atoms with E-state index in [1.807, 2.05) is 24.3 Å². The number of hydrogen-bond donors (Lipinski definition) is 0. The molecule has 0 aliphatic heterocycles. The van der Waals surface area contributed by atoms with Crippen LogP contribution in [-0.2, 0) is 6.54 Å². The third-order valence-electron chi connectivity index (χ3n) is 2.56. The first-order chi connectivity index (χ1) is 7.65. The van der Waals surface area contributed by atoms with Gasteiger partial charge < -0.3 is 0 Å². The summed E-state index contributed by atoms with van der Waals surface area (Å²) in [5, 5.41) is 8.72. The first kappa shape index (κ1) is 12.7. The highest BCUT2D eigenvalue weighted by atomic mass is 15.1. The molecule has 16 heavy (non-hydrogen) atoms. The molecule has 0 unspecified atom stereocenters. The fourth-order valence-electron chi connectivity index (χ4n) is 1.76. The van der Waals surface area contributed by atoms with Gasteiger partial charge in [0.25, 0.3) is 0 Å². The summed E-state index contributed by atoms with van der Waals surface area (Å²) in [5.41, 5.74) is 2.01. The van der Waals surface area contributed by atoms with Gasteiger partial charge in [0.2, 0.25) is 0 Å². The van der Waals surface area contributed by atoms with E-state index in [-0.39, 0.29) is 0 Å². The first-order valence-corrected chi connectivity index (χ1v) is 5.87. The lowest BCUT2D eigenvalue weighted by atomic mass is 10.1. The van der Waals surface area contributed by atoms with Crippen LogP contribution >= 0.6 is 0 Å². The van der Waals surface area contributed by atoms with E-state index in [4.69, 9.17) is 5.26 Å². The molecule has 0 saturated carbocycles. The van der Waals surface area contributed by atoms with E-state index in [2.05, 4.69) is 31.7 Å². The van der Waals surface area contributed by atoms with Crippen molar-refractivity contribution in [2.75, 3.05) is 13.1 Å². The Morgan fingerprint density at radius 1 is 1.25 bits per heavy atom. The molecule has 0 saturated heterocycles. The van der Waals surface area contributed by atoms with Crippen LogP contribution in [-0.4, -0.2) is 18.0 Å². The van der Waals surface area contributed by atoms with E-state index < -0.39 is 0 Å². The molecule has 0 atom stereocenters. The minimum absolute atomic E-state index is 0.693. The van der Waals surface area contributed by atoms with Crippen molar-refractivity contribution in [2.45, 2.75) is 27.3 Å². The number of benzene rings is 1. The maximum atomic E-state index is 8.72. The van der Waals surface area contributed by atoms with Crippen LogP contribution < -0.4 is 0 Å². The lowest BCUT2D eigenvalue weighted by molar-refractivity contribution is 0.248. The van der Waals surface area contributed by atoms with Crippen molar-refractivity contribution in [3.05, 3.63) is 35.4 Å². The quantitative estimate of drug-likeness (QED) is 0.756. The molecule has 0 aliphatic carbocycles. The molecule has 0 radical (unpaired) electrons. The Labute approximate surface area is 98.5 Å². The second-order valence-electron chi connectivity index (χ2n) is 4.53. The lowest BCUT2D eigenvalue weighted by Crippen LogP contribution is -2.26. The van der Waals surface area contributed by atoms with Gasteiger partial charge in [0.05, 0.1) is 11.6 Å².